The van der Waals surface area contributed by atoms with Gasteiger partial charge in [0.1, 0.15) is 4.90 Å². The molecule has 0 unspecified atom stereocenters. The maximum absolute atomic E-state index is 12.4. The highest BCUT2D eigenvalue weighted by atomic mass is 32.2. The van der Waals surface area contributed by atoms with E-state index in [1.807, 2.05) is 11.6 Å². The quantitative estimate of drug-likeness (QED) is 0.847. The summed E-state index contributed by atoms with van der Waals surface area (Å²) in [6, 6.07) is 5.54. The molecular weight excluding hydrogens is 288 g/mol. The number of hydrogen-bond acceptors (Lipinski definition) is 4. The molecule has 0 atom stereocenters. The number of sulfonamides is 1. The number of aryl methyl sites for hydroxylation is 1. The molecule has 0 radical (unpaired) electrons. The number of nitrogens with one attached hydrogen (secondary N) is 2. The Morgan fingerprint density at radius 1 is 1.33 bits per heavy atom. The zero-order chi connectivity index (χ0) is 14.9. The summed E-state index contributed by atoms with van der Waals surface area (Å²) >= 11 is 0. The SMILES string of the molecule is Cn1cc(S(=O)(=O)Nc2ccncc2)cc1CNC1CC1. The molecule has 0 saturated heterocycles. The van der Waals surface area contributed by atoms with E-state index in [0.717, 1.165) is 5.69 Å². The fourth-order valence-electron chi connectivity index (χ4n) is 2.07. The van der Waals surface area contributed by atoms with E-state index in [0.29, 0.717) is 18.3 Å². The van der Waals surface area contributed by atoms with Crippen LogP contribution in [0.4, 0.5) is 5.69 Å². The summed E-state index contributed by atoms with van der Waals surface area (Å²) in [5.74, 6) is 0. The predicted octanol–water partition coefficient (Wildman–Crippen LogP) is 1.47. The first-order valence-corrected chi connectivity index (χ1v) is 8.34. The average Bonchev–Trinajstić information content (AvgIpc) is 3.20. The van der Waals surface area contributed by atoms with Crippen molar-refractivity contribution < 1.29 is 8.42 Å². The van der Waals surface area contributed by atoms with Crippen molar-refractivity contribution >= 4 is 15.7 Å². The molecule has 0 amide bonds. The Balaban J connectivity index is 1.76. The van der Waals surface area contributed by atoms with Gasteiger partial charge in [-0.3, -0.25) is 9.71 Å². The van der Waals surface area contributed by atoms with Gasteiger partial charge in [-0.2, -0.15) is 0 Å². The van der Waals surface area contributed by atoms with E-state index in [4.69, 9.17) is 0 Å². The number of pyridine rings is 1. The Labute approximate surface area is 124 Å². The van der Waals surface area contributed by atoms with Gasteiger partial charge in [0.15, 0.2) is 0 Å². The third-order valence-corrected chi connectivity index (χ3v) is 4.82. The molecule has 3 rings (SSSR count). The van der Waals surface area contributed by atoms with Crippen LogP contribution in [0.3, 0.4) is 0 Å². The second kappa shape index (κ2) is 5.50. The van der Waals surface area contributed by atoms with Gasteiger partial charge in [0.2, 0.25) is 0 Å². The first-order valence-electron chi connectivity index (χ1n) is 6.86. The number of aromatic nitrogens is 2. The lowest BCUT2D eigenvalue weighted by molar-refractivity contribution is 0.601. The summed E-state index contributed by atoms with van der Waals surface area (Å²) in [7, 11) is -1.71. The molecule has 2 aromatic rings. The molecule has 1 aliphatic carbocycles. The molecule has 7 heteroatoms. The fourth-order valence-corrected chi connectivity index (χ4v) is 3.22. The van der Waals surface area contributed by atoms with Gasteiger partial charge in [0.25, 0.3) is 10.0 Å². The van der Waals surface area contributed by atoms with Gasteiger partial charge in [-0.1, -0.05) is 0 Å². The summed E-state index contributed by atoms with van der Waals surface area (Å²) in [4.78, 5) is 4.14. The number of anilines is 1. The second-order valence-electron chi connectivity index (χ2n) is 5.27. The van der Waals surface area contributed by atoms with Crippen LogP contribution < -0.4 is 10.0 Å². The van der Waals surface area contributed by atoms with Crippen LogP contribution in [-0.4, -0.2) is 24.0 Å². The predicted molar refractivity (Wildman–Crippen MR) is 80.3 cm³/mol. The van der Waals surface area contributed by atoms with Crippen molar-refractivity contribution in [3.8, 4) is 0 Å². The molecule has 21 heavy (non-hydrogen) atoms. The normalized spacial score (nSPS) is 15.1. The van der Waals surface area contributed by atoms with E-state index < -0.39 is 10.0 Å². The second-order valence-corrected chi connectivity index (χ2v) is 6.96. The molecule has 2 aromatic heterocycles. The monoisotopic (exact) mass is 306 g/mol. The minimum absolute atomic E-state index is 0.273. The maximum Gasteiger partial charge on any atom is 0.263 e. The van der Waals surface area contributed by atoms with Crippen molar-refractivity contribution in [3.63, 3.8) is 0 Å². The highest BCUT2D eigenvalue weighted by Gasteiger charge is 2.22. The fraction of sp³-hybridized carbons (Fsp3) is 0.357. The van der Waals surface area contributed by atoms with Crippen molar-refractivity contribution in [3.05, 3.63) is 42.5 Å². The molecular formula is C14H18N4O2S. The van der Waals surface area contributed by atoms with Gasteiger partial charge in [-0.25, -0.2) is 8.42 Å². The van der Waals surface area contributed by atoms with E-state index in [9.17, 15) is 8.42 Å². The van der Waals surface area contributed by atoms with Crippen molar-refractivity contribution in [2.24, 2.45) is 7.05 Å². The van der Waals surface area contributed by atoms with Gasteiger partial charge in [0, 0.05) is 43.9 Å². The van der Waals surface area contributed by atoms with E-state index >= 15 is 0 Å². The zero-order valence-electron chi connectivity index (χ0n) is 11.8. The van der Waals surface area contributed by atoms with E-state index in [1.54, 1.807) is 36.8 Å². The van der Waals surface area contributed by atoms with Gasteiger partial charge < -0.3 is 9.88 Å². The van der Waals surface area contributed by atoms with Crippen molar-refractivity contribution in [2.75, 3.05) is 4.72 Å². The van der Waals surface area contributed by atoms with Crippen LogP contribution in [0.2, 0.25) is 0 Å². The number of nitrogens with zero attached hydrogens (tertiary/aromatic N) is 2. The lowest BCUT2D eigenvalue weighted by Crippen LogP contribution is -2.17. The van der Waals surface area contributed by atoms with Crippen molar-refractivity contribution in [1.82, 2.24) is 14.9 Å². The summed E-state index contributed by atoms with van der Waals surface area (Å²) in [5, 5.41) is 3.38. The molecule has 1 aliphatic rings. The van der Waals surface area contributed by atoms with Gasteiger partial charge in [0.05, 0.1) is 5.69 Å². The molecule has 2 N–H and O–H groups in total. The summed E-state index contributed by atoms with van der Waals surface area (Å²) < 4.78 is 29.1. The lowest BCUT2D eigenvalue weighted by Gasteiger charge is -2.05. The third kappa shape index (κ3) is 3.43. The van der Waals surface area contributed by atoms with Crippen LogP contribution in [0.1, 0.15) is 18.5 Å². The van der Waals surface area contributed by atoms with Gasteiger partial charge in [-0.05, 0) is 31.0 Å². The summed E-state index contributed by atoms with van der Waals surface area (Å²) in [5.41, 5.74) is 1.46. The van der Waals surface area contributed by atoms with Crippen LogP contribution in [0.15, 0.2) is 41.7 Å². The van der Waals surface area contributed by atoms with Crippen molar-refractivity contribution in [2.45, 2.75) is 30.3 Å². The van der Waals surface area contributed by atoms with Crippen LogP contribution >= 0.6 is 0 Å². The van der Waals surface area contributed by atoms with Crippen LogP contribution in [0, 0.1) is 0 Å². The van der Waals surface area contributed by atoms with Crippen LogP contribution in [-0.2, 0) is 23.6 Å². The first-order chi connectivity index (χ1) is 10.0. The first kappa shape index (κ1) is 14.1. The number of hydrogen-bond donors (Lipinski definition) is 2. The molecule has 0 bridgehead atoms. The zero-order valence-corrected chi connectivity index (χ0v) is 12.6. The molecule has 2 heterocycles. The third-order valence-electron chi connectivity index (χ3n) is 3.47. The van der Waals surface area contributed by atoms with E-state index in [1.165, 1.54) is 12.8 Å². The molecule has 6 nitrogen and oxygen atoms in total. The highest BCUT2D eigenvalue weighted by molar-refractivity contribution is 7.92. The molecule has 112 valence electrons. The number of rotatable bonds is 6. The van der Waals surface area contributed by atoms with Crippen LogP contribution in [0.25, 0.3) is 0 Å². The largest absolute Gasteiger partial charge is 0.352 e. The summed E-state index contributed by atoms with van der Waals surface area (Å²) in [6.07, 6.45) is 7.15. The Kier molecular flexibility index (Phi) is 3.69. The topological polar surface area (TPSA) is 76.0 Å². The molecule has 0 spiro atoms. The van der Waals surface area contributed by atoms with Gasteiger partial charge in [-0.15, -0.1) is 0 Å². The van der Waals surface area contributed by atoms with Crippen molar-refractivity contribution in [1.29, 1.82) is 0 Å². The highest BCUT2D eigenvalue weighted by Crippen LogP contribution is 2.21. The lowest BCUT2D eigenvalue weighted by atomic mass is 10.4. The van der Waals surface area contributed by atoms with E-state index in [-0.39, 0.29) is 4.90 Å². The Morgan fingerprint density at radius 3 is 2.71 bits per heavy atom. The minimum atomic E-state index is -3.56. The molecule has 1 saturated carbocycles. The Morgan fingerprint density at radius 2 is 2.05 bits per heavy atom. The molecule has 0 aliphatic heterocycles. The molecule has 1 fully saturated rings. The Bertz CT molecular complexity index is 721. The summed E-state index contributed by atoms with van der Waals surface area (Å²) in [6.45, 7) is 0.686. The standard InChI is InChI=1S/C14H18N4O2S/c1-18-10-14(8-13(18)9-16-11-2-3-11)21(19,20)17-12-4-6-15-7-5-12/h4-8,10-11,16H,2-3,9H2,1H3,(H,15,17). The van der Waals surface area contributed by atoms with Crippen LogP contribution in [0.5, 0.6) is 0 Å². The maximum atomic E-state index is 12.4. The average molecular weight is 306 g/mol. The minimum Gasteiger partial charge on any atom is -0.352 e. The Hall–Kier alpha value is -1.86. The van der Waals surface area contributed by atoms with Gasteiger partial charge >= 0.3 is 0 Å². The smallest absolute Gasteiger partial charge is 0.263 e. The molecule has 0 aromatic carbocycles. The van der Waals surface area contributed by atoms with E-state index in [2.05, 4.69) is 15.0 Å².